The molecule has 66 valence electrons. The Kier molecular flexibility index (Phi) is 1.87. The SMILES string of the molecule is Cc1ccc(I)c2c1C(=O)OC2=O. The Labute approximate surface area is 88.2 Å². The van der Waals surface area contributed by atoms with E-state index in [1.165, 1.54) is 0 Å². The van der Waals surface area contributed by atoms with Crippen LogP contribution in [0, 0.1) is 10.5 Å². The van der Waals surface area contributed by atoms with Crippen LogP contribution >= 0.6 is 22.6 Å². The van der Waals surface area contributed by atoms with Gasteiger partial charge in [-0.1, -0.05) is 6.07 Å². The first-order chi connectivity index (χ1) is 6.11. The van der Waals surface area contributed by atoms with Crippen LogP contribution in [0.25, 0.3) is 0 Å². The van der Waals surface area contributed by atoms with Crippen LogP contribution in [0.1, 0.15) is 26.3 Å². The van der Waals surface area contributed by atoms with Gasteiger partial charge in [-0.15, -0.1) is 0 Å². The van der Waals surface area contributed by atoms with E-state index in [4.69, 9.17) is 0 Å². The summed E-state index contributed by atoms with van der Waals surface area (Å²) in [6.45, 7) is 1.79. The molecule has 1 aromatic carbocycles. The fourth-order valence-corrected chi connectivity index (χ4v) is 2.00. The molecule has 4 heteroatoms. The number of carbonyl (C=O) groups excluding carboxylic acids is 2. The average Bonchev–Trinajstić information content (AvgIpc) is 2.36. The molecule has 0 amide bonds. The van der Waals surface area contributed by atoms with Gasteiger partial charge in [0.1, 0.15) is 0 Å². The van der Waals surface area contributed by atoms with E-state index in [0.717, 1.165) is 9.13 Å². The molecule has 0 aliphatic carbocycles. The van der Waals surface area contributed by atoms with Crippen molar-refractivity contribution in [3.05, 3.63) is 32.4 Å². The van der Waals surface area contributed by atoms with Gasteiger partial charge in [-0.3, -0.25) is 0 Å². The summed E-state index contributed by atoms with van der Waals surface area (Å²) in [5.74, 6) is -1.07. The highest BCUT2D eigenvalue weighted by Gasteiger charge is 2.33. The first-order valence-corrected chi connectivity index (χ1v) is 4.74. The van der Waals surface area contributed by atoms with Crippen molar-refractivity contribution in [2.45, 2.75) is 6.92 Å². The van der Waals surface area contributed by atoms with Gasteiger partial charge in [-0.05, 0) is 41.1 Å². The molecule has 0 saturated heterocycles. The predicted molar refractivity (Wildman–Crippen MR) is 53.6 cm³/mol. The fraction of sp³-hybridized carbons (Fsp3) is 0.111. The first kappa shape index (κ1) is 8.68. The van der Waals surface area contributed by atoms with Crippen LogP contribution in [0.2, 0.25) is 0 Å². The maximum absolute atomic E-state index is 11.2. The van der Waals surface area contributed by atoms with E-state index < -0.39 is 11.9 Å². The van der Waals surface area contributed by atoms with Gasteiger partial charge in [0.25, 0.3) is 0 Å². The first-order valence-electron chi connectivity index (χ1n) is 3.67. The highest BCUT2D eigenvalue weighted by Crippen LogP contribution is 2.27. The third-order valence-electron chi connectivity index (χ3n) is 1.96. The zero-order valence-corrected chi connectivity index (χ0v) is 8.91. The molecule has 0 atom stereocenters. The smallest absolute Gasteiger partial charge is 0.348 e. The number of ether oxygens (including phenoxy) is 1. The Balaban J connectivity index is 2.81. The number of benzene rings is 1. The van der Waals surface area contributed by atoms with Crippen LogP contribution in [-0.4, -0.2) is 11.9 Å². The molecule has 1 aliphatic rings. The topological polar surface area (TPSA) is 43.4 Å². The highest BCUT2D eigenvalue weighted by molar-refractivity contribution is 14.1. The van der Waals surface area contributed by atoms with Crippen LogP contribution in [0.3, 0.4) is 0 Å². The summed E-state index contributed by atoms with van der Waals surface area (Å²) in [6.07, 6.45) is 0. The molecular formula is C9H5IO3. The molecule has 2 rings (SSSR count). The molecule has 0 N–H and O–H groups in total. The number of hydrogen-bond donors (Lipinski definition) is 0. The molecule has 3 nitrogen and oxygen atoms in total. The van der Waals surface area contributed by atoms with E-state index in [2.05, 4.69) is 4.74 Å². The van der Waals surface area contributed by atoms with E-state index in [1.807, 2.05) is 22.6 Å². The number of halogens is 1. The molecule has 0 aromatic heterocycles. The quantitative estimate of drug-likeness (QED) is 0.416. The van der Waals surface area contributed by atoms with Gasteiger partial charge >= 0.3 is 11.9 Å². The second-order valence-corrected chi connectivity index (χ2v) is 3.95. The molecule has 1 heterocycles. The zero-order chi connectivity index (χ0) is 9.59. The molecule has 0 bridgehead atoms. The zero-order valence-electron chi connectivity index (χ0n) is 6.76. The Morgan fingerprint density at radius 1 is 1.15 bits per heavy atom. The summed E-state index contributed by atoms with van der Waals surface area (Å²) in [4.78, 5) is 22.4. The number of rotatable bonds is 0. The minimum atomic E-state index is -0.534. The number of fused-ring (bicyclic) bond motifs is 1. The van der Waals surface area contributed by atoms with E-state index in [-0.39, 0.29) is 0 Å². The lowest BCUT2D eigenvalue weighted by Crippen LogP contribution is -1.97. The molecular weight excluding hydrogens is 283 g/mol. The van der Waals surface area contributed by atoms with Crippen molar-refractivity contribution < 1.29 is 14.3 Å². The van der Waals surface area contributed by atoms with Gasteiger partial charge in [0, 0.05) is 3.57 Å². The normalized spacial score (nSPS) is 14.3. The van der Waals surface area contributed by atoms with Crippen LogP contribution in [0.15, 0.2) is 12.1 Å². The second-order valence-electron chi connectivity index (χ2n) is 2.79. The lowest BCUT2D eigenvalue weighted by molar-refractivity contribution is 0.0443. The Bertz CT molecular complexity index is 384. The van der Waals surface area contributed by atoms with Gasteiger partial charge in [-0.25, -0.2) is 9.59 Å². The van der Waals surface area contributed by atoms with Crippen molar-refractivity contribution in [1.82, 2.24) is 0 Å². The van der Waals surface area contributed by atoms with E-state index in [1.54, 1.807) is 19.1 Å². The predicted octanol–water partition coefficient (Wildman–Crippen LogP) is 1.91. The molecule has 0 radical (unpaired) electrons. The number of cyclic esters (lactones) is 2. The van der Waals surface area contributed by atoms with Crippen molar-refractivity contribution >= 4 is 34.5 Å². The lowest BCUT2D eigenvalue weighted by Gasteiger charge is -1.99. The summed E-state index contributed by atoms with van der Waals surface area (Å²) >= 11 is 2.01. The maximum atomic E-state index is 11.2. The van der Waals surface area contributed by atoms with Crippen molar-refractivity contribution in [2.24, 2.45) is 0 Å². The minimum Gasteiger partial charge on any atom is -0.386 e. The molecule has 0 fully saturated rings. The van der Waals surface area contributed by atoms with Crippen LogP contribution in [-0.2, 0) is 4.74 Å². The van der Waals surface area contributed by atoms with Gasteiger partial charge in [0.2, 0.25) is 0 Å². The molecule has 1 aliphatic heterocycles. The molecule has 0 saturated carbocycles. The summed E-state index contributed by atoms with van der Waals surface area (Å²) in [5, 5.41) is 0. The van der Waals surface area contributed by atoms with Crippen molar-refractivity contribution in [2.75, 3.05) is 0 Å². The molecule has 0 spiro atoms. The van der Waals surface area contributed by atoms with Gasteiger partial charge in [0.15, 0.2) is 0 Å². The molecule has 0 unspecified atom stereocenters. The van der Waals surface area contributed by atoms with Crippen LogP contribution < -0.4 is 0 Å². The van der Waals surface area contributed by atoms with Crippen molar-refractivity contribution in [3.63, 3.8) is 0 Å². The minimum absolute atomic E-state index is 0.408. The Morgan fingerprint density at radius 3 is 2.38 bits per heavy atom. The maximum Gasteiger partial charge on any atom is 0.348 e. The number of esters is 2. The van der Waals surface area contributed by atoms with E-state index in [9.17, 15) is 9.59 Å². The van der Waals surface area contributed by atoms with E-state index >= 15 is 0 Å². The Morgan fingerprint density at radius 2 is 1.77 bits per heavy atom. The summed E-state index contributed by atoms with van der Waals surface area (Å²) in [6, 6.07) is 3.61. The third kappa shape index (κ3) is 1.16. The fourth-order valence-electron chi connectivity index (χ4n) is 1.33. The summed E-state index contributed by atoms with van der Waals surface area (Å²) in [7, 11) is 0. The number of carbonyl (C=O) groups is 2. The van der Waals surface area contributed by atoms with Gasteiger partial charge < -0.3 is 4.74 Å². The molecule has 1 aromatic rings. The van der Waals surface area contributed by atoms with Crippen molar-refractivity contribution in [1.29, 1.82) is 0 Å². The average molecular weight is 288 g/mol. The monoisotopic (exact) mass is 288 g/mol. The Hall–Kier alpha value is -0.910. The van der Waals surface area contributed by atoms with Crippen LogP contribution in [0.4, 0.5) is 0 Å². The van der Waals surface area contributed by atoms with Crippen LogP contribution in [0.5, 0.6) is 0 Å². The standard InChI is InChI=1S/C9H5IO3/c1-4-2-3-5(10)7-6(4)8(11)13-9(7)12/h2-3H,1H3. The van der Waals surface area contributed by atoms with Crippen molar-refractivity contribution in [3.8, 4) is 0 Å². The third-order valence-corrected chi connectivity index (χ3v) is 2.86. The lowest BCUT2D eigenvalue weighted by atomic mass is 10.0. The summed E-state index contributed by atoms with van der Waals surface area (Å²) < 4.78 is 5.27. The largest absolute Gasteiger partial charge is 0.386 e. The summed E-state index contributed by atoms with van der Waals surface area (Å²) in [5.41, 5.74) is 1.61. The number of hydrogen-bond acceptors (Lipinski definition) is 3. The number of aryl methyl sites for hydroxylation is 1. The molecule has 13 heavy (non-hydrogen) atoms. The highest BCUT2D eigenvalue weighted by atomic mass is 127. The van der Waals surface area contributed by atoms with E-state index in [0.29, 0.717) is 11.1 Å². The second kappa shape index (κ2) is 2.80. The van der Waals surface area contributed by atoms with Gasteiger partial charge in [-0.2, -0.15) is 0 Å². The van der Waals surface area contributed by atoms with Gasteiger partial charge in [0.05, 0.1) is 11.1 Å².